The van der Waals surface area contributed by atoms with E-state index in [9.17, 15) is 0 Å². The topological polar surface area (TPSA) is 70.3 Å². The fraction of sp³-hybridized carbons (Fsp3) is 0.125. The Kier molecular flexibility index (Phi) is 4.02. The number of nitrogens with zero attached hydrogens (tertiary/aromatic N) is 2. The molecule has 0 radical (unpaired) electrons. The van der Waals surface area contributed by atoms with Crippen molar-refractivity contribution >= 4 is 28.4 Å². The van der Waals surface area contributed by atoms with Gasteiger partial charge in [-0.1, -0.05) is 6.07 Å². The lowest BCUT2D eigenvalue weighted by molar-refractivity contribution is 0.355. The molecule has 0 bridgehead atoms. The fourth-order valence-electron chi connectivity index (χ4n) is 2.07. The number of aromatic nitrogens is 2. The minimum absolute atomic E-state index is 0.647. The first kappa shape index (κ1) is 14.5. The Hall–Kier alpha value is -2.47. The maximum Gasteiger partial charge on any atom is 0.192 e. The highest BCUT2D eigenvalue weighted by Gasteiger charge is 2.09. The van der Waals surface area contributed by atoms with Crippen molar-refractivity contribution in [1.29, 1.82) is 0 Å². The quantitative estimate of drug-likeness (QED) is 0.588. The first-order valence-corrected chi connectivity index (χ1v) is 7.43. The summed E-state index contributed by atoms with van der Waals surface area (Å²) in [5.41, 5.74) is 7.31. The number of hydrogen-bond acceptors (Lipinski definition) is 6. The Morgan fingerprint density at radius 3 is 2.55 bits per heavy atom. The van der Waals surface area contributed by atoms with Crippen LogP contribution in [0.25, 0.3) is 10.9 Å². The molecule has 0 aliphatic rings. The van der Waals surface area contributed by atoms with Gasteiger partial charge < -0.3 is 15.2 Å². The van der Waals surface area contributed by atoms with Gasteiger partial charge in [-0.3, -0.25) is 0 Å². The van der Waals surface area contributed by atoms with Gasteiger partial charge in [-0.2, -0.15) is 0 Å². The van der Waals surface area contributed by atoms with E-state index in [-0.39, 0.29) is 0 Å². The van der Waals surface area contributed by atoms with Crippen LogP contribution in [-0.2, 0) is 0 Å². The van der Waals surface area contributed by atoms with Crippen molar-refractivity contribution in [2.24, 2.45) is 0 Å². The van der Waals surface area contributed by atoms with E-state index in [4.69, 9.17) is 15.2 Å². The molecule has 0 saturated heterocycles. The molecule has 3 rings (SSSR count). The second-order valence-corrected chi connectivity index (χ2v) is 5.63. The maximum atomic E-state index is 5.79. The van der Waals surface area contributed by atoms with Gasteiger partial charge in [0, 0.05) is 28.2 Å². The van der Waals surface area contributed by atoms with E-state index in [2.05, 4.69) is 9.97 Å². The van der Waals surface area contributed by atoms with Gasteiger partial charge in [0.05, 0.1) is 19.7 Å². The predicted molar refractivity (Wildman–Crippen MR) is 87.6 cm³/mol. The number of ether oxygens (including phenoxy) is 2. The number of nitrogens with two attached hydrogens (primary N) is 1. The van der Waals surface area contributed by atoms with Crippen molar-refractivity contribution in [2.75, 3.05) is 20.0 Å². The zero-order valence-corrected chi connectivity index (χ0v) is 13.1. The Labute approximate surface area is 132 Å². The number of rotatable bonds is 4. The Balaban J connectivity index is 1.98. The molecular weight excluding hydrogens is 298 g/mol. The SMILES string of the molecule is COc1cc2cnc(Sc3cccc(N)c3)nc2cc1OC. The molecule has 0 aliphatic heterocycles. The summed E-state index contributed by atoms with van der Waals surface area (Å²) in [4.78, 5) is 9.94. The molecule has 2 aromatic carbocycles. The van der Waals surface area contributed by atoms with E-state index in [1.807, 2.05) is 36.4 Å². The summed E-state index contributed by atoms with van der Waals surface area (Å²) in [5.74, 6) is 1.31. The molecule has 3 aromatic rings. The highest BCUT2D eigenvalue weighted by molar-refractivity contribution is 7.99. The number of hydrogen-bond donors (Lipinski definition) is 1. The Bertz CT molecular complexity index is 824. The van der Waals surface area contributed by atoms with Gasteiger partial charge in [-0.05, 0) is 36.0 Å². The van der Waals surface area contributed by atoms with E-state index < -0.39 is 0 Å². The van der Waals surface area contributed by atoms with Crippen molar-refractivity contribution in [3.05, 3.63) is 42.6 Å². The molecule has 0 spiro atoms. The lowest BCUT2D eigenvalue weighted by atomic mass is 10.2. The van der Waals surface area contributed by atoms with Crippen molar-refractivity contribution < 1.29 is 9.47 Å². The van der Waals surface area contributed by atoms with Crippen LogP contribution in [0.15, 0.2) is 52.6 Å². The average Bonchev–Trinajstić information content (AvgIpc) is 2.53. The van der Waals surface area contributed by atoms with Crippen LogP contribution in [0.4, 0.5) is 5.69 Å². The summed E-state index contributed by atoms with van der Waals surface area (Å²) in [6.45, 7) is 0. The molecule has 0 saturated carbocycles. The maximum absolute atomic E-state index is 5.79. The van der Waals surface area contributed by atoms with E-state index in [1.54, 1.807) is 20.4 Å². The third kappa shape index (κ3) is 2.92. The van der Waals surface area contributed by atoms with E-state index in [0.717, 1.165) is 21.5 Å². The van der Waals surface area contributed by atoms with Crippen LogP contribution >= 0.6 is 11.8 Å². The van der Waals surface area contributed by atoms with E-state index in [1.165, 1.54) is 11.8 Å². The third-order valence-electron chi connectivity index (χ3n) is 3.13. The smallest absolute Gasteiger partial charge is 0.192 e. The minimum atomic E-state index is 0.647. The van der Waals surface area contributed by atoms with Gasteiger partial charge >= 0.3 is 0 Å². The van der Waals surface area contributed by atoms with Crippen molar-refractivity contribution in [3.8, 4) is 11.5 Å². The van der Waals surface area contributed by atoms with Crippen LogP contribution in [0.2, 0.25) is 0 Å². The number of fused-ring (bicyclic) bond motifs is 1. The number of methoxy groups -OCH3 is 2. The first-order chi connectivity index (χ1) is 10.7. The van der Waals surface area contributed by atoms with Crippen LogP contribution in [0.5, 0.6) is 11.5 Å². The number of anilines is 1. The molecule has 5 nitrogen and oxygen atoms in total. The lowest BCUT2D eigenvalue weighted by Crippen LogP contribution is -1.93. The molecule has 0 fully saturated rings. The molecule has 0 unspecified atom stereocenters. The van der Waals surface area contributed by atoms with Crippen LogP contribution in [-0.4, -0.2) is 24.2 Å². The summed E-state index contributed by atoms with van der Waals surface area (Å²) in [6, 6.07) is 11.3. The van der Waals surface area contributed by atoms with Gasteiger partial charge in [0.25, 0.3) is 0 Å². The Morgan fingerprint density at radius 1 is 1.05 bits per heavy atom. The lowest BCUT2D eigenvalue weighted by Gasteiger charge is -2.09. The highest BCUT2D eigenvalue weighted by atomic mass is 32.2. The number of nitrogen functional groups attached to an aromatic ring is 1. The predicted octanol–water partition coefficient (Wildman–Crippen LogP) is 3.38. The van der Waals surface area contributed by atoms with Gasteiger partial charge in [0.1, 0.15) is 0 Å². The fourth-order valence-corrected chi connectivity index (χ4v) is 2.88. The molecule has 6 heteroatoms. The Morgan fingerprint density at radius 2 is 1.82 bits per heavy atom. The summed E-state index contributed by atoms with van der Waals surface area (Å²) >= 11 is 1.47. The molecule has 0 aliphatic carbocycles. The second-order valence-electron chi connectivity index (χ2n) is 4.59. The molecule has 22 heavy (non-hydrogen) atoms. The van der Waals surface area contributed by atoms with Gasteiger partial charge in [-0.25, -0.2) is 9.97 Å². The molecule has 0 atom stereocenters. The van der Waals surface area contributed by atoms with Crippen LogP contribution in [0, 0.1) is 0 Å². The van der Waals surface area contributed by atoms with Crippen molar-refractivity contribution in [2.45, 2.75) is 10.1 Å². The first-order valence-electron chi connectivity index (χ1n) is 6.62. The monoisotopic (exact) mass is 313 g/mol. The van der Waals surface area contributed by atoms with E-state index in [0.29, 0.717) is 16.7 Å². The summed E-state index contributed by atoms with van der Waals surface area (Å²) in [5, 5.41) is 1.56. The molecule has 1 heterocycles. The summed E-state index contributed by atoms with van der Waals surface area (Å²) < 4.78 is 10.6. The van der Waals surface area contributed by atoms with Crippen LogP contribution in [0.1, 0.15) is 0 Å². The van der Waals surface area contributed by atoms with Gasteiger partial charge in [-0.15, -0.1) is 0 Å². The summed E-state index contributed by atoms with van der Waals surface area (Å²) in [7, 11) is 3.21. The van der Waals surface area contributed by atoms with Gasteiger partial charge in [0.15, 0.2) is 16.7 Å². The molecule has 1 aromatic heterocycles. The largest absolute Gasteiger partial charge is 0.493 e. The van der Waals surface area contributed by atoms with Crippen LogP contribution in [0.3, 0.4) is 0 Å². The second kappa shape index (κ2) is 6.11. The van der Waals surface area contributed by atoms with E-state index >= 15 is 0 Å². The summed E-state index contributed by atoms with van der Waals surface area (Å²) in [6.07, 6.45) is 1.78. The molecular formula is C16H15N3O2S. The number of benzene rings is 2. The zero-order valence-electron chi connectivity index (χ0n) is 12.2. The zero-order chi connectivity index (χ0) is 15.5. The van der Waals surface area contributed by atoms with Crippen molar-refractivity contribution in [3.63, 3.8) is 0 Å². The van der Waals surface area contributed by atoms with Gasteiger partial charge in [0.2, 0.25) is 0 Å². The molecule has 2 N–H and O–H groups in total. The third-order valence-corrected chi connectivity index (χ3v) is 4.00. The standard InChI is InChI=1S/C16H15N3O2S/c1-20-14-6-10-9-18-16(19-13(10)8-15(14)21-2)22-12-5-3-4-11(17)7-12/h3-9H,17H2,1-2H3. The van der Waals surface area contributed by atoms with Crippen LogP contribution < -0.4 is 15.2 Å². The normalized spacial score (nSPS) is 10.6. The molecule has 0 amide bonds. The van der Waals surface area contributed by atoms with Crippen molar-refractivity contribution in [1.82, 2.24) is 9.97 Å². The molecule has 112 valence electrons. The minimum Gasteiger partial charge on any atom is -0.493 e. The average molecular weight is 313 g/mol. The highest BCUT2D eigenvalue weighted by Crippen LogP contribution is 2.33.